The molecule has 0 aliphatic carbocycles. The van der Waals surface area contributed by atoms with Crippen molar-refractivity contribution in [3.05, 3.63) is 28.7 Å². The van der Waals surface area contributed by atoms with E-state index < -0.39 is 16.6 Å². The summed E-state index contributed by atoms with van der Waals surface area (Å²) in [4.78, 5) is 23.6. The topological polar surface area (TPSA) is 43.4 Å². The van der Waals surface area contributed by atoms with E-state index in [2.05, 4.69) is 15.9 Å². The lowest BCUT2D eigenvalue weighted by Gasteiger charge is -2.24. The van der Waals surface area contributed by atoms with Gasteiger partial charge in [-0.1, -0.05) is 29.8 Å². The third kappa shape index (κ3) is 3.12. The third-order valence-corrected chi connectivity index (χ3v) is 3.89. The van der Waals surface area contributed by atoms with Gasteiger partial charge >= 0.3 is 5.97 Å². The first kappa shape index (κ1) is 15.2. The van der Waals surface area contributed by atoms with Gasteiger partial charge in [0, 0.05) is 4.47 Å². The third-order valence-electron chi connectivity index (χ3n) is 3.00. The smallest absolute Gasteiger partial charge is 0.326 e. The number of carbonyl (C=O) groups is 2. The standard InChI is InChI=1S/C13H14BrClO3/c1-3-13(4-2,11(15)16)12(17)18-10-7-5-9(14)6-8-10/h5-8H,3-4H2,1-2H3. The van der Waals surface area contributed by atoms with Crippen LogP contribution in [0.4, 0.5) is 0 Å². The van der Waals surface area contributed by atoms with Crippen LogP contribution in [0.25, 0.3) is 0 Å². The van der Waals surface area contributed by atoms with E-state index in [0.717, 1.165) is 4.47 Å². The number of benzene rings is 1. The summed E-state index contributed by atoms with van der Waals surface area (Å²) in [5.74, 6) is -0.206. The van der Waals surface area contributed by atoms with E-state index in [1.165, 1.54) is 0 Å². The molecular formula is C13H14BrClO3. The largest absolute Gasteiger partial charge is 0.426 e. The second-order valence-electron chi connectivity index (χ2n) is 3.91. The molecule has 5 heteroatoms. The zero-order valence-corrected chi connectivity index (χ0v) is 12.5. The van der Waals surface area contributed by atoms with Crippen molar-refractivity contribution in [2.24, 2.45) is 5.41 Å². The van der Waals surface area contributed by atoms with Crippen molar-refractivity contribution < 1.29 is 14.3 Å². The van der Waals surface area contributed by atoms with Gasteiger partial charge in [-0.25, -0.2) is 0 Å². The summed E-state index contributed by atoms with van der Waals surface area (Å²) < 4.78 is 6.10. The molecule has 1 rings (SSSR count). The predicted molar refractivity (Wildman–Crippen MR) is 73.7 cm³/mol. The van der Waals surface area contributed by atoms with Crippen molar-refractivity contribution >= 4 is 38.7 Å². The number of esters is 1. The molecule has 0 N–H and O–H groups in total. The monoisotopic (exact) mass is 332 g/mol. The van der Waals surface area contributed by atoms with Gasteiger partial charge in [-0.2, -0.15) is 0 Å². The number of halogens is 2. The summed E-state index contributed by atoms with van der Waals surface area (Å²) in [6.45, 7) is 3.49. The fourth-order valence-corrected chi connectivity index (χ4v) is 2.21. The van der Waals surface area contributed by atoms with Crippen LogP contribution >= 0.6 is 27.5 Å². The Kier molecular flexibility index (Phi) is 5.35. The van der Waals surface area contributed by atoms with E-state index in [4.69, 9.17) is 16.3 Å². The molecule has 0 aromatic heterocycles. The van der Waals surface area contributed by atoms with Crippen molar-refractivity contribution in [3.8, 4) is 5.75 Å². The van der Waals surface area contributed by atoms with Gasteiger partial charge in [-0.15, -0.1) is 0 Å². The van der Waals surface area contributed by atoms with Gasteiger partial charge in [0.2, 0.25) is 5.24 Å². The molecular weight excluding hydrogens is 319 g/mol. The molecule has 0 amide bonds. The molecule has 0 saturated heterocycles. The number of rotatable bonds is 5. The van der Waals surface area contributed by atoms with Gasteiger partial charge in [-0.3, -0.25) is 9.59 Å². The first-order valence-electron chi connectivity index (χ1n) is 5.64. The Morgan fingerprint density at radius 2 is 1.72 bits per heavy atom. The molecule has 0 bridgehead atoms. The molecule has 1 aromatic carbocycles. The minimum atomic E-state index is -1.26. The highest BCUT2D eigenvalue weighted by molar-refractivity contribution is 9.10. The highest BCUT2D eigenvalue weighted by Gasteiger charge is 2.43. The van der Waals surface area contributed by atoms with Crippen LogP contribution in [0.15, 0.2) is 28.7 Å². The Bertz CT molecular complexity index is 438. The van der Waals surface area contributed by atoms with Crippen LogP contribution in [0.2, 0.25) is 0 Å². The van der Waals surface area contributed by atoms with Gasteiger partial charge < -0.3 is 4.74 Å². The fraction of sp³-hybridized carbons (Fsp3) is 0.385. The van der Waals surface area contributed by atoms with E-state index in [-0.39, 0.29) is 0 Å². The molecule has 0 atom stereocenters. The summed E-state index contributed by atoms with van der Waals surface area (Å²) in [5.41, 5.74) is -1.26. The Morgan fingerprint density at radius 1 is 1.22 bits per heavy atom. The molecule has 1 aromatic rings. The molecule has 0 heterocycles. The van der Waals surface area contributed by atoms with Crippen LogP contribution in [0.1, 0.15) is 26.7 Å². The molecule has 18 heavy (non-hydrogen) atoms. The SMILES string of the molecule is CCC(CC)(C(=O)Cl)C(=O)Oc1ccc(Br)cc1. The molecule has 0 aliphatic heterocycles. The van der Waals surface area contributed by atoms with Gasteiger partial charge in [0.25, 0.3) is 0 Å². The Morgan fingerprint density at radius 3 is 2.11 bits per heavy atom. The van der Waals surface area contributed by atoms with Crippen molar-refractivity contribution in [2.75, 3.05) is 0 Å². The highest BCUT2D eigenvalue weighted by atomic mass is 79.9. The predicted octanol–water partition coefficient (Wildman–Crippen LogP) is 3.93. The molecule has 3 nitrogen and oxygen atoms in total. The van der Waals surface area contributed by atoms with E-state index in [9.17, 15) is 9.59 Å². The van der Waals surface area contributed by atoms with Crippen molar-refractivity contribution in [1.82, 2.24) is 0 Å². The van der Waals surface area contributed by atoms with Crippen LogP contribution in [-0.2, 0) is 9.59 Å². The summed E-state index contributed by atoms with van der Waals surface area (Å²) in [6.07, 6.45) is 0.641. The molecule has 0 aliphatic rings. The fourth-order valence-electron chi connectivity index (χ4n) is 1.60. The summed E-state index contributed by atoms with van der Waals surface area (Å²) in [6, 6.07) is 6.81. The zero-order valence-electron chi connectivity index (χ0n) is 10.2. The lowest BCUT2D eigenvalue weighted by atomic mass is 9.84. The lowest BCUT2D eigenvalue weighted by Crippen LogP contribution is -2.39. The maximum Gasteiger partial charge on any atom is 0.326 e. The van der Waals surface area contributed by atoms with E-state index >= 15 is 0 Å². The molecule has 0 spiro atoms. The first-order valence-corrected chi connectivity index (χ1v) is 6.81. The van der Waals surface area contributed by atoms with Crippen molar-refractivity contribution in [2.45, 2.75) is 26.7 Å². The molecule has 0 radical (unpaired) electrons. The Labute approximate surface area is 120 Å². The van der Waals surface area contributed by atoms with Gasteiger partial charge in [0.05, 0.1) is 0 Å². The van der Waals surface area contributed by atoms with E-state index in [1.54, 1.807) is 38.1 Å². The van der Waals surface area contributed by atoms with Crippen molar-refractivity contribution in [1.29, 1.82) is 0 Å². The molecule has 0 unspecified atom stereocenters. The summed E-state index contributed by atoms with van der Waals surface area (Å²) in [7, 11) is 0. The van der Waals surface area contributed by atoms with Crippen molar-refractivity contribution in [3.63, 3.8) is 0 Å². The minimum Gasteiger partial charge on any atom is -0.426 e. The number of hydrogen-bond acceptors (Lipinski definition) is 3. The molecule has 0 saturated carbocycles. The first-order chi connectivity index (χ1) is 8.46. The molecule has 98 valence electrons. The second-order valence-corrected chi connectivity index (χ2v) is 5.17. The minimum absolute atomic E-state index is 0.321. The van der Waals surface area contributed by atoms with Crippen LogP contribution in [0.3, 0.4) is 0 Å². The van der Waals surface area contributed by atoms with Crippen LogP contribution < -0.4 is 4.74 Å². The normalized spacial score (nSPS) is 11.1. The number of ether oxygens (including phenoxy) is 1. The van der Waals surface area contributed by atoms with E-state index in [1.807, 2.05) is 0 Å². The van der Waals surface area contributed by atoms with Gasteiger partial charge in [0.15, 0.2) is 0 Å². The van der Waals surface area contributed by atoms with Gasteiger partial charge in [-0.05, 0) is 48.7 Å². The lowest BCUT2D eigenvalue weighted by molar-refractivity contribution is -0.150. The van der Waals surface area contributed by atoms with E-state index in [0.29, 0.717) is 18.6 Å². The number of carbonyl (C=O) groups excluding carboxylic acids is 2. The Balaban J connectivity index is 2.92. The maximum atomic E-state index is 12.1. The molecule has 0 fully saturated rings. The second kappa shape index (κ2) is 6.34. The van der Waals surface area contributed by atoms with Crippen LogP contribution in [0.5, 0.6) is 5.75 Å². The highest BCUT2D eigenvalue weighted by Crippen LogP contribution is 2.32. The zero-order chi connectivity index (χ0) is 13.8. The van der Waals surface area contributed by atoms with Gasteiger partial charge in [0.1, 0.15) is 11.2 Å². The maximum absolute atomic E-state index is 12.1. The van der Waals surface area contributed by atoms with Crippen LogP contribution in [0, 0.1) is 5.41 Å². The quantitative estimate of drug-likeness (QED) is 0.355. The average molecular weight is 334 g/mol. The summed E-state index contributed by atoms with van der Waals surface area (Å²) >= 11 is 8.83. The van der Waals surface area contributed by atoms with Crippen LogP contribution in [-0.4, -0.2) is 11.2 Å². The summed E-state index contributed by atoms with van der Waals surface area (Å²) in [5, 5.41) is -0.672. The average Bonchev–Trinajstić information content (AvgIpc) is 2.34. The Hall–Kier alpha value is -0.870. The number of hydrogen-bond donors (Lipinski definition) is 0.